The number of amides is 1. The molecule has 2 aliphatic rings. The highest BCUT2D eigenvalue weighted by atomic mass is 35.5. The molecule has 2 atom stereocenters. The number of aliphatic hydroxyl groups excluding tert-OH is 1. The number of hydrogen-bond acceptors (Lipinski definition) is 3. The first kappa shape index (κ1) is 19.2. The van der Waals surface area contributed by atoms with Gasteiger partial charge in [-0.2, -0.15) is 0 Å². The van der Waals surface area contributed by atoms with Crippen LogP contribution in [0.5, 0.6) is 0 Å². The van der Waals surface area contributed by atoms with Gasteiger partial charge < -0.3 is 15.3 Å². The second-order valence-electron chi connectivity index (χ2n) is 7.14. The van der Waals surface area contributed by atoms with Crippen LogP contribution in [-0.4, -0.2) is 47.7 Å². The zero-order valence-electron chi connectivity index (χ0n) is 14.4. The average molecular weight is 353 g/mol. The molecule has 0 saturated carbocycles. The van der Waals surface area contributed by atoms with Crippen LogP contribution < -0.4 is 5.32 Å². The second-order valence-corrected chi connectivity index (χ2v) is 7.14. The van der Waals surface area contributed by atoms with Gasteiger partial charge in [0, 0.05) is 19.6 Å². The van der Waals surface area contributed by atoms with Gasteiger partial charge in [-0.05, 0) is 50.5 Å². The number of rotatable bonds is 4. The minimum Gasteiger partial charge on any atom is -0.392 e. The maximum atomic E-state index is 12.4. The molecular weight excluding hydrogens is 324 g/mol. The summed E-state index contributed by atoms with van der Waals surface area (Å²) in [5, 5.41) is 12.7. The molecule has 2 N–H and O–H groups in total. The van der Waals surface area contributed by atoms with Crippen molar-refractivity contribution in [1.82, 2.24) is 10.2 Å². The number of aryl methyl sites for hydroxylation is 2. The Morgan fingerprint density at radius 1 is 1.25 bits per heavy atom. The molecule has 5 heteroatoms. The fraction of sp³-hybridized carbons (Fsp3) is 0.632. The number of hydrogen-bond donors (Lipinski definition) is 2. The van der Waals surface area contributed by atoms with Crippen molar-refractivity contribution < 1.29 is 9.90 Å². The Morgan fingerprint density at radius 3 is 2.50 bits per heavy atom. The van der Waals surface area contributed by atoms with Crippen molar-refractivity contribution in [3.05, 3.63) is 35.4 Å². The Hall–Kier alpha value is -1.10. The van der Waals surface area contributed by atoms with Crippen molar-refractivity contribution in [3.8, 4) is 0 Å². The monoisotopic (exact) mass is 352 g/mol. The molecule has 1 aromatic rings. The van der Waals surface area contributed by atoms with Crippen molar-refractivity contribution in [3.63, 3.8) is 0 Å². The number of halogens is 1. The topological polar surface area (TPSA) is 52.6 Å². The highest BCUT2D eigenvalue weighted by molar-refractivity contribution is 5.85. The van der Waals surface area contributed by atoms with Crippen molar-refractivity contribution in [2.75, 3.05) is 19.6 Å². The minimum absolute atomic E-state index is 0. The number of β-amino-alcohol motifs (C(OH)–C–C–N with tert-alkyl or cyclic N) is 1. The van der Waals surface area contributed by atoms with Crippen LogP contribution in [0.15, 0.2) is 24.3 Å². The summed E-state index contributed by atoms with van der Waals surface area (Å²) in [5.74, 6) is 0.904. The van der Waals surface area contributed by atoms with E-state index in [4.69, 9.17) is 0 Å². The van der Waals surface area contributed by atoms with Gasteiger partial charge >= 0.3 is 0 Å². The molecule has 1 aromatic carbocycles. The third-order valence-electron chi connectivity index (χ3n) is 5.29. The standard InChI is InChI=1S/C19H28N2O2.ClH/c1-14-2-4-15(5-3-14)6-7-16-8-10-21(11-9-16)19(23)18-12-17(22)13-20-18;/h2-5,16-18,20,22H,6-13H2,1H3;1H. The lowest BCUT2D eigenvalue weighted by molar-refractivity contribution is -0.134. The molecule has 2 heterocycles. The summed E-state index contributed by atoms with van der Waals surface area (Å²) in [6.45, 7) is 4.40. The van der Waals surface area contributed by atoms with Gasteiger partial charge in [-0.1, -0.05) is 29.8 Å². The maximum Gasteiger partial charge on any atom is 0.239 e. The van der Waals surface area contributed by atoms with E-state index in [1.54, 1.807) is 0 Å². The molecule has 1 amide bonds. The quantitative estimate of drug-likeness (QED) is 0.874. The van der Waals surface area contributed by atoms with Crippen LogP contribution in [0.3, 0.4) is 0 Å². The smallest absolute Gasteiger partial charge is 0.239 e. The van der Waals surface area contributed by atoms with Gasteiger partial charge in [-0.25, -0.2) is 0 Å². The number of nitrogens with one attached hydrogen (secondary N) is 1. The van der Waals surface area contributed by atoms with E-state index in [0.29, 0.717) is 13.0 Å². The summed E-state index contributed by atoms with van der Waals surface area (Å²) >= 11 is 0. The van der Waals surface area contributed by atoms with Gasteiger partial charge in [0.05, 0.1) is 12.1 Å². The number of carbonyl (C=O) groups excluding carboxylic acids is 1. The SMILES string of the molecule is Cc1ccc(CCC2CCN(C(=O)C3CC(O)CN3)CC2)cc1.Cl. The fourth-order valence-corrected chi connectivity index (χ4v) is 3.69. The number of nitrogens with zero attached hydrogens (tertiary/aromatic N) is 1. The highest BCUT2D eigenvalue weighted by Crippen LogP contribution is 2.24. The normalized spacial score (nSPS) is 24.7. The molecule has 0 spiro atoms. The second kappa shape index (κ2) is 8.84. The van der Waals surface area contributed by atoms with E-state index in [1.807, 2.05) is 4.90 Å². The van der Waals surface area contributed by atoms with Crippen LogP contribution >= 0.6 is 12.4 Å². The Morgan fingerprint density at radius 2 is 1.92 bits per heavy atom. The van der Waals surface area contributed by atoms with E-state index < -0.39 is 0 Å². The van der Waals surface area contributed by atoms with E-state index in [0.717, 1.165) is 38.3 Å². The molecule has 4 nitrogen and oxygen atoms in total. The van der Waals surface area contributed by atoms with Crippen molar-refractivity contribution in [2.45, 2.75) is 51.2 Å². The number of carbonyl (C=O) groups is 1. The lowest BCUT2D eigenvalue weighted by Gasteiger charge is -2.33. The van der Waals surface area contributed by atoms with E-state index in [-0.39, 0.29) is 30.5 Å². The Labute approximate surface area is 151 Å². The molecule has 2 fully saturated rings. The van der Waals surface area contributed by atoms with Gasteiger partial charge in [0.25, 0.3) is 0 Å². The number of benzene rings is 1. The fourth-order valence-electron chi connectivity index (χ4n) is 3.69. The van der Waals surface area contributed by atoms with Crippen LogP contribution in [-0.2, 0) is 11.2 Å². The molecule has 2 aliphatic heterocycles. The molecule has 0 bridgehead atoms. The first-order valence-corrected chi connectivity index (χ1v) is 8.87. The molecule has 0 aliphatic carbocycles. The minimum atomic E-state index is -0.365. The predicted molar refractivity (Wildman–Crippen MR) is 98.5 cm³/mol. The van der Waals surface area contributed by atoms with Crippen molar-refractivity contribution in [1.29, 1.82) is 0 Å². The molecule has 24 heavy (non-hydrogen) atoms. The highest BCUT2D eigenvalue weighted by Gasteiger charge is 2.32. The Balaban J connectivity index is 0.00000208. The summed E-state index contributed by atoms with van der Waals surface area (Å²) in [4.78, 5) is 14.4. The summed E-state index contributed by atoms with van der Waals surface area (Å²) in [6.07, 6.45) is 4.75. The van der Waals surface area contributed by atoms with Crippen LogP contribution in [0, 0.1) is 12.8 Å². The van der Waals surface area contributed by atoms with Gasteiger partial charge in [-0.15, -0.1) is 12.4 Å². The van der Waals surface area contributed by atoms with E-state index >= 15 is 0 Å². The number of piperidine rings is 1. The lowest BCUT2D eigenvalue weighted by Crippen LogP contribution is -2.47. The van der Waals surface area contributed by atoms with Gasteiger partial charge in [0.15, 0.2) is 0 Å². The molecule has 2 saturated heterocycles. The van der Waals surface area contributed by atoms with Gasteiger partial charge in [-0.3, -0.25) is 4.79 Å². The Kier molecular flexibility index (Phi) is 7.08. The molecule has 134 valence electrons. The van der Waals surface area contributed by atoms with E-state index in [2.05, 4.69) is 36.5 Å². The van der Waals surface area contributed by atoms with Crippen LogP contribution in [0.2, 0.25) is 0 Å². The summed E-state index contributed by atoms with van der Waals surface area (Å²) < 4.78 is 0. The predicted octanol–water partition coefficient (Wildman–Crippen LogP) is 2.31. The third kappa shape index (κ3) is 4.95. The van der Waals surface area contributed by atoms with Gasteiger partial charge in [0.1, 0.15) is 0 Å². The maximum absolute atomic E-state index is 12.4. The molecule has 3 rings (SSSR count). The molecule has 2 unspecified atom stereocenters. The Bertz CT molecular complexity index is 527. The zero-order chi connectivity index (χ0) is 16.2. The first-order chi connectivity index (χ1) is 11.1. The van der Waals surface area contributed by atoms with Crippen molar-refractivity contribution in [2.24, 2.45) is 5.92 Å². The zero-order valence-corrected chi connectivity index (χ0v) is 15.2. The van der Waals surface area contributed by atoms with Crippen LogP contribution in [0.25, 0.3) is 0 Å². The van der Waals surface area contributed by atoms with Crippen LogP contribution in [0.4, 0.5) is 0 Å². The number of aliphatic hydroxyl groups is 1. The van der Waals surface area contributed by atoms with Crippen LogP contribution in [0.1, 0.15) is 36.8 Å². The molecule has 0 radical (unpaired) electrons. The lowest BCUT2D eigenvalue weighted by atomic mass is 9.90. The number of likely N-dealkylation sites (tertiary alicyclic amines) is 1. The largest absolute Gasteiger partial charge is 0.392 e. The molecular formula is C19H29ClN2O2. The molecule has 0 aromatic heterocycles. The van der Waals surface area contributed by atoms with Gasteiger partial charge in [0.2, 0.25) is 5.91 Å². The van der Waals surface area contributed by atoms with E-state index in [9.17, 15) is 9.90 Å². The van der Waals surface area contributed by atoms with Crippen molar-refractivity contribution >= 4 is 18.3 Å². The van der Waals surface area contributed by atoms with E-state index in [1.165, 1.54) is 17.5 Å². The summed E-state index contributed by atoms with van der Waals surface area (Å²) in [6, 6.07) is 8.64. The summed E-state index contributed by atoms with van der Waals surface area (Å²) in [7, 11) is 0. The third-order valence-corrected chi connectivity index (χ3v) is 5.29. The summed E-state index contributed by atoms with van der Waals surface area (Å²) in [5.41, 5.74) is 2.73. The average Bonchev–Trinajstić information content (AvgIpc) is 3.01. The first-order valence-electron chi connectivity index (χ1n) is 8.87.